The van der Waals surface area contributed by atoms with Gasteiger partial charge in [0.1, 0.15) is 10.6 Å². The molecule has 0 fully saturated rings. The van der Waals surface area contributed by atoms with Crippen molar-refractivity contribution in [2.75, 3.05) is 20.3 Å². The van der Waals surface area contributed by atoms with Gasteiger partial charge in [-0.05, 0) is 33.1 Å². The largest absolute Gasteiger partial charge is 0.477 e. The van der Waals surface area contributed by atoms with Crippen molar-refractivity contribution in [3.05, 3.63) is 17.0 Å². The molecule has 0 spiro atoms. The molecule has 0 aliphatic carbocycles. The number of rotatable bonds is 9. The smallest absolute Gasteiger partial charge is 0.352 e. The number of unbranched alkanes of at least 4 members (excludes halogenated alkanes) is 2. The van der Waals surface area contributed by atoms with Crippen LogP contribution in [0.15, 0.2) is 4.90 Å². The maximum Gasteiger partial charge on any atom is 0.352 e. The van der Waals surface area contributed by atoms with Crippen molar-refractivity contribution in [2.45, 2.75) is 38.0 Å². The number of ether oxygens (including phenoxy) is 1. The van der Waals surface area contributed by atoms with Gasteiger partial charge >= 0.3 is 5.97 Å². The van der Waals surface area contributed by atoms with Gasteiger partial charge in [0.25, 0.3) is 0 Å². The average Bonchev–Trinajstić information content (AvgIpc) is 2.69. The van der Waals surface area contributed by atoms with E-state index in [9.17, 15) is 13.2 Å². The molecule has 1 rings (SSSR count). The molecule has 0 amide bonds. The maximum absolute atomic E-state index is 12.2. The van der Waals surface area contributed by atoms with Gasteiger partial charge in [-0.2, -0.15) is 0 Å². The Balaban J connectivity index is 2.73. The topological polar surface area (TPSA) is 108 Å². The van der Waals surface area contributed by atoms with Crippen molar-refractivity contribution in [3.8, 4) is 0 Å². The summed E-state index contributed by atoms with van der Waals surface area (Å²) in [5.74, 6) is -1.17. The van der Waals surface area contributed by atoms with Gasteiger partial charge in [-0.3, -0.25) is 0 Å². The molecule has 3 N–H and O–H groups in total. The number of methoxy groups -OCH3 is 1. The Morgan fingerprint density at radius 1 is 1.29 bits per heavy atom. The molecule has 0 aliphatic heterocycles. The minimum absolute atomic E-state index is 0.0248. The van der Waals surface area contributed by atoms with E-state index in [1.54, 1.807) is 14.0 Å². The van der Waals surface area contributed by atoms with Crippen LogP contribution in [0.2, 0.25) is 0 Å². The zero-order valence-corrected chi connectivity index (χ0v) is 13.3. The first kappa shape index (κ1) is 17.7. The number of sulfonamides is 1. The first-order valence-electron chi connectivity index (χ1n) is 6.72. The number of carboxylic acid groups (broad SMARTS) is 1. The highest BCUT2D eigenvalue weighted by Gasteiger charge is 2.25. The molecule has 0 aromatic carbocycles. The molecule has 1 aromatic heterocycles. The van der Waals surface area contributed by atoms with E-state index in [-0.39, 0.29) is 16.2 Å². The number of carboxylic acids is 1. The molecule has 0 aliphatic rings. The van der Waals surface area contributed by atoms with Gasteiger partial charge < -0.3 is 14.8 Å². The van der Waals surface area contributed by atoms with E-state index < -0.39 is 16.0 Å². The molecule has 1 heterocycles. The first-order chi connectivity index (χ1) is 9.81. The quantitative estimate of drug-likeness (QED) is 0.597. The van der Waals surface area contributed by atoms with E-state index in [2.05, 4.69) is 9.71 Å². The van der Waals surface area contributed by atoms with Crippen molar-refractivity contribution in [1.29, 1.82) is 0 Å². The molecule has 8 heteroatoms. The third-order valence-corrected chi connectivity index (χ3v) is 4.90. The van der Waals surface area contributed by atoms with Crippen molar-refractivity contribution < 1.29 is 23.1 Å². The van der Waals surface area contributed by atoms with Crippen LogP contribution in [-0.4, -0.2) is 44.7 Å². The molecule has 0 unspecified atom stereocenters. The average molecular weight is 318 g/mol. The van der Waals surface area contributed by atoms with Gasteiger partial charge in [0.2, 0.25) is 10.0 Å². The highest BCUT2D eigenvalue weighted by atomic mass is 32.2. The van der Waals surface area contributed by atoms with Crippen molar-refractivity contribution in [2.24, 2.45) is 0 Å². The summed E-state index contributed by atoms with van der Waals surface area (Å²) in [6, 6.07) is 0. The van der Waals surface area contributed by atoms with Gasteiger partial charge in [0, 0.05) is 31.5 Å². The Morgan fingerprint density at radius 2 is 1.95 bits per heavy atom. The molecule has 7 nitrogen and oxygen atoms in total. The lowest BCUT2D eigenvalue weighted by Crippen LogP contribution is -2.25. The lowest BCUT2D eigenvalue weighted by Gasteiger charge is -2.07. The van der Waals surface area contributed by atoms with Crippen LogP contribution in [0.5, 0.6) is 0 Å². The number of aromatic carboxylic acids is 1. The second-order valence-corrected chi connectivity index (χ2v) is 6.54. The summed E-state index contributed by atoms with van der Waals surface area (Å²) in [4.78, 5) is 13.6. The molecule has 0 saturated carbocycles. The molecular formula is C13H22N2O5S. The number of nitrogens with one attached hydrogen (secondary N) is 2. The lowest BCUT2D eigenvalue weighted by atomic mass is 10.2. The first-order valence-corrected chi connectivity index (χ1v) is 8.20. The van der Waals surface area contributed by atoms with E-state index in [0.29, 0.717) is 25.3 Å². The summed E-state index contributed by atoms with van der Waals surface area (Å²) in [6.07, 6.45) is 2.45. The van der Waals surface area contributed by atoms with Crippen LogP contribution in [0.3, 0.4) is 0 Å². The Hall–Kier alpha value is -1.38. The molecule has 0 bridgehead atoms. The minimum atomic E-state index is -3.70. The van der Waals surface area contributed by atoms with Gasteiger partial charge in [0.15, 0.2) is 0 Å². The van der Waals surface area contributed by atoms with E-state index in [1.807, 2.05) is 0 Å². The normalized spacial score (nSPS) is 11.8. The summed E-state index contributed by atoms with van der Waals surface area (Å²) < 4.78 is 31.9. The number of aryl methyl sites for hydroxylation is 1. The van der Waals surface area contributed by atoms with Crippen LogP contribution in [0.25, 0.3) is 0 Å². The lowest BCUT2D eigenvalue weighted by molar-refractivity contribution is 0.0690. The van der Waals surface area contributed by atoms with Crippen LogP contribution in [0, 0.1) is 13.8 Å². The van der Waals surface area contributed by atoms with Crippen LogP contribution in [-0.2, 0) is 14.8 Å². The minimum Gasteiger partial charge on any atom is -0.477 e. The highest BCUT2D eigenvalue weighted by Crippen LogP contribution is 2.22. The fraction of sp³-hybridized carbons (Fsp3) is 0.615. The zero-order chi connectivity index (χ0) is 16.0. The fourth-order valence-corrected chi connectivity index (χ4v) is 3.69. The monoisotopic (exact) mass is 318 g/mol. The number of carbonyl (C=O) groups is 1. The fourth-order valence-electron chi connectivity index (χ4n) is 2.18. The summed E-state index contributed by atoms with van der Waals surface area (Å²) in [6.45, 7) is 4.01. The van der Waals surface area contributed by atoms with Gasteiger partial charge in [-0.25, -0.2) is 17.9 Å². The Morgan fingerprint density at radius 3 is 2.48 bits per heavy atom. The molecule has 0 radical (unpaired) electrons. The summed E-state index contributed by atoms with van der Waals surface area (Å²) in [5.41, 5.74) is 0.469. The number of H-pyrrole nitrogens is 1. The number of aromatic amines is 1. The molecule has 21 heavy (non-hydrogen) atoms. The number of hydrogen-bond acceptors (Lipinski definition) is 4. The predicted octanol–water partition coefficient (Wildman–Crippen LogP) is 1.42. The van der Waals surface area contributed by atoms with E-state index >= 15 is 0 Å². The van der Waals surface area contributed by atoms with Crippen molar-refractivity contribution in [3.63, 3.8) is 0 Å². The van der Waals surface area contributed by atoms with Gasteiger partial charge in [-0.1, -0.05) is 0 Å². The van der Waals surface area contributed by atoms with Crippen molar-refractivity contribution >= 4 is 16.0 Å². The zero-order valence-electron chi connectivity index (χ0n) is 12.5. The Labute approximate surface area is 124 Å². The molecule has 1 aromatic rings. The Bertz CT molecular complexity index is 592. The second-order valence-electron chi connectivity index (χ2n) is 4.84. The van der Waals surface area contributed by atoms with E-state index in [0.717, 1.165) is 12.8 Å². The molecule has 0 atom stereocenters. The van der Waals surface area contributed by atoms with E-state index in [4.69, 9.17) is 9.84 Å². The van der Waals surface area contributed by atoms with Crippen molar-refractivity contribution in [1.82, 2.24) is 9.71 Å². The Kier molecular flexibility index (Phi) is 6.38. The predicted molar refractivity (Wildman–Crippen MR) is 78.1 cm³/mol. The third-order valence-electron chi connectivity index (χ3n) is 3.17. The maximum atomic E-state index is 12.2. The number of hydrogen-bond donors (Lipinski definition) is 3. The SMILES string of the molecule is COCCCCCNS(=O)(=O)c1c(C)[nH]c(C(=O)O)c1C. The standard InChI is InChI=1S/C13H22N2O5S/c1-9-11(13(16)17)15-10(2)12(9)21(18,19)14-7-5-4-6-8-20-3/h14-15H,4-8H2,1-3H3,(H,16,17). The number of aromatic nitrogens is 1. The summed E-state index contributed by atoms with van der Waals surface area (Å²) >= 11 is 0. The second kappa shape index (κ2) is 7.58. The van der Waals surface area contributed by atoms with Crippen LogP contribution in [0.1, 0.15) is 41.0 Å². The van der Waals surface area contributed by atoms with E-state index in [1.165, 1.54) is 6.92 Å². The highest BCUT2D eigenvalue weighted by molar-refractivity contribution is 7.89. The van der Waals surface area contributed by atoms with Gasteiger partial charge in [-0.15, -0.1) is 0 Å². The van der Waals surface area contributed by atoms with Gasteiger partial charge in [0.05, 0.1) is 0 Å². The third kappa shape index (κ3) is 4.55. The molecule has 0 saturated heterocycles. The summed E-state index contributed by atoms with van der Waals surface area (Å²) in [5, 5.41) is 9.01. The molecular weight excluding hydrogens is 296 g/mol. The summed E-state index contributed by atoms with van der Waals surface area (Å²) in [7, 11) is -2.08. The van der Waals surface area contributed by atoms with Crippen LogP contribution < -0.4 is 4.72 Å². The van der Waals surface area contributed by atoms with Crippen LogP contribution in [0.4, 0.5) is 0 Å². The van der Waals surface area contributed by atoms with Crippen LogP contribution >= 0.6 is 0 Å². The molecule has 120 valence electrons.